The standard InChI is InChI=1S/C18H32O16/c19-1-5(22)9(24)16(6(23)2-20)34-18-15(30)13(28)11(26)8(33-18)4-31-17-14(29)12(27)10(25)7(3-21)32-17/h6-21,23-30H,1-4H2/t6-,7-,8-,9-,10-,11+,12+,13+,14+,15-,16-,17+,18+/m1/s1. The van der Waals surface area contributed by atoms with E-state index in [0.29, 0.717) is 0 Å². The molecular formula is C18H32O16. The topological polar surface area (TPSA) is 277 Å². The van der Waals surface area contributed by atoms with Crippen LogP contribution in [0.15, 0.2) is 0 Å². The Morgan fingerprint density at radius 2 is 1.29 bits per heavy atom. The third kappa shape index (κ3) is 6.44. The van der Waals surface area contributed by atoms with Crippen LogP contribution >= 0.6 is 0 Å². The fraction of sp³-hybridized carbons (Fsp3) is 0.944. The highest BCUT2D eigenvalue weighted by atomic mass is 16.7. The van der Waals surface area contributed by atoms with Crippen LogP contribution in [0, 0.1) is 0 Å². The average molecular weight is 504 g/mol. The van der Waals surface area contributed by atoms with Crippen LogP contribution in [-0.2, 0) is 23.7 Å². The Bertz CT molecular complexity index is 635. The number of ketones is 1. The summed E-state index contributed by atoms with van der Waals surface area (Å²) in [4.78, 5) is 11.6. The Balaban J connectivity index is 2.10. The summed E-state index contributed by atoms with van der Waals surface area (Å²) in [6, 6.07) is 0. The molecule has 0 spiro atoms. The molecule has 2 aliphatic heterocycles. The lowest BCUT2D eigenvalue weighted by Crippen LogP contribution is -2.63. The summed E-state index contributed by atoms with van der Waals surface area (Å²) in [5.74, 6) is -1.19. The number of aliphatic hydroxyl groups excluding tert-OH is 11. The molecule has 2 rings (SSSR count). The van der Waals surface area contributed by atoms with E-state index in [1.165, 1.54) is 0 Å². The van der Waals surface area contributed by atoms with Crippen LogP contribution in [0.3, 0.4) is 0 Å². The maximum Gasteiger partial charge on any atom is 0.189 e. The van der Waals surface area contributed by atoms with E-state index in [9.17, 15) is 50.8 Å². The summed E-state index contributed by atoms with van der Waals surface area (Å²) in [5.41, 5.74) is 0. The maximum absolute atomic E-state index is 11.6. The summed E-state index contributed by atoms with van der Waals surface area (Å²) >= 11 is 0. The fourth-order valence-corrected chi connectivity index (χ4v) is 3.47. The van der Waals surface area contributed by atoms with Gasteiger partial charge in [0.25, 0.3) is 0 Å². The van der Waals surface area contributed by atoms with E-state index in [0.717, 1.165) is 0 Å². The van der Waals surface area contributed by atoms with Crippen molar-refractivity contribution < 1.29 is 79.9 Å². The summed E-state index contributed by atoms with van der Waals surface area (Å²) < 4.78 is 20.9. The third-order valence-electron chi connectivity index (χ3n) is 5.60. The first-order chi connectivity index (χ1) is 16.0. The predicted octanol–water partition coefficient (Wildman–Crippen LogP) is -7.73. The van der Waals surface area contributed by atoms with Crippen molar-refractivity contribution in [2.45, 2.75) is 79.7 Å². The van der Waals surface area contributed by atoms with E-state index in [1.54, 1.807) is 0 Å². The lowest BCUT2D eigenvalue weighted by Gasteiger charge is -2.43. The molecule has 2 heterocycles. The van der Waals surface area contributed by atoms with Gasteiger partial charge < -0.3 is 75.1 Å². The molecule has 0 unspecified atom stereocenters. The summed E-state index contributed by atoms with van der Waals surface area (Å²) in [6.07, 6.45) is -23.1. The normalized spacial score (nSPS) is 41.6. The van der Waals surface area contributed by atoms with E-state index in [-0.39, 0.29) is 0 Å². The zero-order valence-electron chi connectivity index (χ0n) is 17.8. The van der Waals surface area contributed by atoms with Crippen molar-refractivity contribution in [3.63, 3.8) is 0 Å². The quantitative estimate of drug-likeness (QED) is 0.125. The lowest BCUT2D eigenvalue weighted by molar-refractivity contribution is -0.341. The van der Waals surface area contributed by atoms with Gasteiger partial charge >= 0.3 is 0 Å². The minimum Gasteiger partial charge on any atom is -0.394 e. The molecule has 0 saturated carbocycles. The van der Waals surface area contributed by atoms with Crippen molar-refractivity contribution in [2.24, 2.45) is 0 Å². The molecule has 13 atom stereocenters. The summed E-state index contributed by atoms with van der Waals surface area (Å²) in [5, 5.41) is 107. The van der Waals surface area contributed by atoms with Gasteiger partial charge in [0.2, 0.25) is 0 Å². The molecule has 2 aliphatic rings. The van der Waals surface area contributed by atoms with Crippen LogP contribution in [0.25, 0.3) is 0 Å². The minimum absolute atomic E-state index is 0.668. The van der Waals surface area contributed by atoms with Crippen molar-refractivity contribution in [3.8, 4) is 0 Å². The lowest BCUT2D eigenvalue weighted by atomic mass is 9.98. The van der Waals surface area contributed by atoms with E-state index < -0.39 is 112 Å². The van der Waals surface area contributed by atoms with Crippen molar-refractivity contribution in [1.29, 1.82) is 0 Å². The predicted molar refractivity (Wildman–Crippen MR) is 102 cm³/mol. The number of hydrogen-bond acceptors (Lipinski definition) is 16. The van der Waals surface area contributed by atoms with Crippen LogP contribution in [0.5, 0.6) is 0 Å². The zero-order valence-corrected chi connectivity index (χ0v) is 17.8. The van der Waals surface area contributed by atoms with Crippen LogP contribution < -0.4 is 0 Å². The van der Waals surface area contributed by atoms with Gasteiger partial charge in [0.15, 0.2) is 18.4 Å². The molecule has 0 amide bonds. The van der Waals surface area contributed by atoms with Gasteiger partial charge in [-0.05, 0) is 0 Å². The Morgan fingerprint density at radius 3 is 1.82 bits per heavy atom. The molecule has 34 heavy (non-hydrogen) atoms. The van der Waals surface area contributed by atoms with Crippen LogP contribution in [0.2, 0.25) is 0 Å². The molecule has 200 valence electrons. The van der Waals surface area contributed by atoms with E-state index >= 15 is 0 Å². The van der Waals surface area contributed by atoms with Gasteiger partial charge in [-0.15, -0.1) is 0 Å². The molecule has 0 aromatic carbocycles. The van der Waals surface area contributed by atoms with Crippen LogP contribution in [0.4, 0.5) is 0 Å². The van der Waals surface area contributed by atoms with Gasteiger partial charge in [-0.3, -0.25) is 4.79 Å². The largest absolute Gasteiger partial charge is 0.394 e. The molecular weight excluding hydrogens is 472 g/mol. The number of aliphatic hydroxyl groups is 11. The first kappa shape index (κ1) is 29.3. The van der Waals surface area contributed by atoms with Crippen LogP contribution in [-0.4, -0.2) is 168 Å². The zero-order chi connectivity index (χ0) is 25.7. The number of ether oxygens (including phenoxy) is 4. The molecule has 11 N–H and O–H groups in total. The second-order valence-corrected chi connectivity index (χ2v) is 7.97. The maximum atomic E-state index is 11.6. The fourth-order valence-electron chi connectivity index (χ4n) is 3.47. The van der Waals surface area contributed by atoms with E-state index in [1.807, 2.05) is 0 Å². The first-order valence-corrected chi connectivity index (χ1v) is 10.4. The Hall–Kier alpha value is -0.930. The average Bonchev–Trinajstić information content (AvgIpc) is 2.84. The van der Waals surface area contributed by atoms with Crippen molar-refractivity contribution >= 4 is 5.78 Å². The molecule has 2 saturated heterocycles. The van der Waals surface area contributed by atoms with E-state index in [2.05, 4.69) is 0 Å². The molecule has 16 nitrogen and oxygen atoms in total. The second-order valence-electron chi connectivity index (χ2n) is 7.97. The van der Waals surface area contributed by atoms with E-state index in [4.69, 9.17) is 29.2 Å². The van der Waals surface area contributed by atoms with Gasteiger partial charge in [0.05, 0.1) is 19.8 Å². The first-order valence-electron chi connectivity index (χ1n) is 10.4. The summed E-state index contributed by atoms with van der Waals surface area (Å²) in [7, 11) is 0. The number of rotatable bonds is 11. The number of Topliss-reactive ketones (excluding diaryl/α,β-unsaturated/α-hetero) is 1. The molecule has 0 aliphatic carbocycles. The van der Waals surface area contributed by atoms with Crippen LogP contribution in [0.1, 0.15) is 0 Å². The molecule has 16 heteroatoms. The molecule has 0 radical (unpaired) electrons. The highest BCUT2D eigenvalue weighted by Crippen LogP contribution is 2.27. The van der Waals surface area contributed by atoms with Gasteiger partial charge in [-0.25, -0.2) is 0 Å². The Labute approximate surface area is 192 Å². The number of carbonyl (C=O) groups excluding carboxylic acids is 1. The third-order valence-corrected chi connectivity index (χ3v) is 5.60. The van der Waals surface area contributed by atoms with Gasteiger partial charge in [0.1, 0.15) is 73.8 Å². The second kappa shape index (κ2) is 12.9. The Kier molecular flexibility index (Phi) is 11.1. The van der Waals surface area contributed by atoms with Crippen molar-refractivity contribution in [3.05, 3.63) is 0 Å². The van der Waals surface area contributed by atoms with Crippen molar-refractivity contribution in [1.82, 2.24) is 0 Å². The monoisotopic (exact) mass is 504 g/mol. The number of carbonyl (C=O) groups is 1. The summed E-state index contributed by atoms with van der Waals surface area (Å²) in [6.45, 7) is -3.53. The van der Waals surface area contributed by atoms with Gasteiger partial charge in [0, 0.05) is 0 Å². The SMILES string of the molecule is O=C(CO)[C@@H](O)[C@H](O[C@@H]1O[C@H](CO[C@H]2O[C@H](CO)[C@@H](O)[C@H](O)[C@@H]2O)[C@H](O)[C@H](O)[C@H]1O)[C@H](O)CO. The van der Waals surface area contributed by atoms with Gasteiger partial charge in [-0.2, -0.15) is 0 Å². The molecule has 0 aromatic rings. The molecule has 2 fully saturated rings. The highest BCUT2D eigenvalue weighted by Gasteiger charge is 2.49. The Morgan fingerprint density at radius 1 is 0.765 bits per heavy atom. The highest BCUT2D eigenvalue weighted by molar-refractivity contribution is 5.84. The minimum atomic E-state index is -2.16. The molecule has 0 aromatic heterocycles. The van der Waals surface area contributed by atoms with Gasteiger partial charge in [-0.1, -0.05) is 0 Å². The molecule has 0 bridgehead atoms. The number of hydrogen-bond donors (Lipinski definition) is 11. The van der Waals surface area contributed by atoms with Crippen molar-refractivity contribution in [2.75, 3.05) is 26.4 Å². The smallest absolute Gasteiger partial charge is 0.189 e.